The lowest BCUT2D eigenvalue weighted by Crippen LogP contribution is -1.95. The number of nitrogens with zero attached hydrogens (tertiary/aromatic N) is 2. The Morgan fingerprint density at radius 2 is 0.667 bits per heavy atom. The average Bonchev–Trinajstić information content (AvgIpc) is 3.74. The zero-order chi connectivity index (χ0) is 36.4. The summed E-state index contributed by atoms with van der Waals surface area (Å²) in [7, 11) is 0. The van der Waals surface area contributed by atoms with Crippen molar-refractivity contribution in [3.8, 4) is 44.8 Å². The summed E-state index contributed by atoms with van der Waals surface area (Å²) >= 11 is 0. The highest BCUT2D eigenvalue weighted by Crippen LogP contribution is 2.42. The van der Waals surface area contributed by atoms with Gasteiger partial charge in [0.25, 0.3) is 0 Å². The Labute approximate surface area is 301 Å². The van der Waals surface area contributed by atoms with Crippen molar-refractivity contribution < 1.29 is 4.11 Å². The van der Waals surface area contributed by atoms with Gasteiger partial charge in [-0.05, 0) is 88.8 Å². The molecule has 0 N–H and O–H groups in total. The van der Waals surface area contributed by atoms with Crippen LogP contribution in [0.25, 0.3) is 88.4 Å². The number of para-hydroxylation sites is 2. The molecule has 2 heterocycles. The molecule has 0 spiro atoms. The first-order chi connectivity index (χ1) is 26.4. The van der Waals surface area contributed by atoms with Crippen LogP contribution in [0.3, 0.4) is 0 Å². The lowest BCUT2D eigenvalue weighted by molar-refractivity contribution is 1.17. The van der Waals surface area contributed by atoms with E-state index in [1.165, 1.54) is 54.8 Å². The molecule has 10 aromatic rings. The zero-order valence-electron chi connectivity index (χ0n) is 30.8. The van der Waals surface area contributed by atoms with E-state index in [0.717, 1.165) is 33.5 Å². The highest BCUT2D eigenvalue weighted by molar-refractivity contribution is 6.28. The van der Waals surface area contributed by atoms with E-state index in [9.17, 15) is 0 Å². The van der Waals surface area contributed by atoms with Gasteiger partial charge in [0.15, 0.2) is 0 Å². The predicted molar refractivity (Wildman–Crippen MR) is 216 cm³/mol. The second kappa shape index (κ2) is 11.8. The molecule has 0 radical (unpaired) electrons. The minimum Gasteiger partial charge on any atom is -0.309 e. The zero-order valence-corrected chi connectivity index (χ0v) is 27.8. The van der Waals surface area contributed by atoms with Gasteiger partial charge in [0.05, 0.1) is 22.1 Å². The first kappa shape index (κ1) is 26.3. The van der Waals surface area contributed by atoms with E-state index in [4.69, 9.17) is 4.11 Å². The largest absolute Gasteiger partial charge is 0.309 e. The SMILES string of the molecule is [2H]C([2H])([2H])c1ccc(-c2ccc(-n3c4ccccc4c4c5c6ccccc6n(-c6ccc(-c7ccc(-c8ccccc8)cc7)cc6)c5ccc43)cc2)cc1. The third-order valence-electron chi connectivity index (χ3n) is 10.3. The Balaban J connectivity index is 1.08. The molecular weight excluding hydrogens is 617 g/mol. The molecule has 0 unspecified atom stereocenters. The molecule has 0 aliphatic carbocycles. The van der Waals surface area contributed by atoms with Crippen LogP contribution in [0.4, 0.5) is 0 Å². The quantitative estimate of drug-likeness (QED) is 0.175. The van der Waals surface area contributed by atoms with E-state index < -0.39 is 6.85 Å². The minimum atomic E-state index is -2.11. The summed E-state index contributed by atoms with van der Waals surface area (Å²) in [6.07, 6.45) is 0. The van der Waals surface area contributed by atoms with Gasteiger partial charge in [0.1, 0.15) is 0 Å². The summed E-state index contributed by atoms with van der Waals surface area (Å²) < 4.78 is 27.9. The Morgan fingerprint density at radius 1 is 0.314 bits per heavy atom. The molecule has 51 heavy (non-hydrogen) atoms. The van der Waals surface area contributed by atoms with Crippen LogP contribution in [-0.2, 0) is 0 Å². The van der Waals surface area contributed by atoms with Crippen LogP contribution in [0.5, 0.6) is 0 Å². The third-order valence-corrected chi connectivity index (χ3v) is 10.3. The second-order valence-electron chi connectivity index (χ2n) is 13.2. The fourth-order valence-electron chi connectivity index (χ4n) is 7.83. The molecule has 0 saturated heterocycles. The molecule has 0 saturated carbocycles. The van der Waals surface area contributed by atoms with Crippen molar-refractivity contribution >= 4 is 43.6 Å². The molecule has 2 heteroatoms. The van der Waals surface area contributed by atoms with Crippen LogP contribution < -0.4 is 0 Å². The maximum absolute atomic E-state index is 7.72. The van der Waals surface area contributed by atoms with E-state index in [0.29, 0.717) is 5.56 Å². The summed E-state index contributed by atoms with van der Waals surface area (Å²) in [4.78, 5) is 0. The number of rotatable bonds is 5. The van der Waals surface area contributed by atoms with Crippen LogP contribution in [0.2, 0.25) is 0 Å². The average molecular weight is 654 g/mol. The molecule has 0 bridgehead atoms. The van der Waals surface area contributed by atoms with Crippen molar-refractivity contribution in [2.24, 2.45) is 0 Å². The van der Waals surface area contributed by atoms with Gasteiger partial charge in [-0.2, -0.15) is 0 Å². The summed E-state index contributed by atoms with van der Waals surface area (Å²) in [6.45, 7) is -2.11. The number of hydrogen-bond acceptors (Lipinski definition) is 0. The molecule has 0 fully saturated rings. The van der Waals surface area contributed by atoms with E-state index in [1.54, 1.807) is 12.1 Å². The minimum absolute atomic E-state index is 0.350. The summed E-state index contributed by atoms with van der Waals surface area (Å²) in [5, 5.41) is 4.90. The second-order valence-corrected chi connectivity index (χ2v) is 13.2. The smallest absolute Gasteiger partial charge is 0.0548 e. The van der Waals surface area contributed by atoms with Crippen molar-refractivity contribution in [2.45, 2.75) is 6.85 Å². The molecule has 0 amide bonds. The van der Waals surface area contributed by atoms with E-state index >= 15 is 0 Å². The Kier molecular flexibility index (Phi) is 6.05. The normalized spacial score (nSPS) is 12.7. The molecule has 2 nitrogen and oxygen atoms in total. The van der Waals surface area contributed by atoms with Crippen molar-refractivity contribution in [3.63, 3.8) is 0 Å². The monoisotopic (exact) mass is 653 g/mol. The van der Waals surface area contributed by atoms with Crippen LogP contribution in [0.15, 0.2) is 188 Å². The van der Waals surface area contributed by atoms with Crippen LogP contribution in [-0.4, -0.2) is 9.13 Å². The molecule has 2 aromatic heterocycles. The summed E-state index contributed by atoms with van der Waals surface area (Å²) in [5.41, 5.74) is 14.0. The van der Waals surface area contributed by atoms with Gasteiger partial charge in [-0.3, -0.25) is 0 Å². The maximum Gasteiger partial charge on any atom is 0.0548 e. The topological polar surface area (TPSA) is 9.86 Å². The molecule has 0 aliphatic rings. The first-order valence-corrected chi connectivity index (χ1v) is 17.4. The molecular formula is C49H34N2. The fraction of sp³-hybridized carbons (Fsp3) is 0.0204. The first-order valence-electron chi connectivity index (χ1n) is 18.9. The predicted octanol–water partition coefficient (Wildman–Crippen LogP) is 13.2. The van der Waals surface area contributed by atoms with Crippen molar-refractivity contribution in [1.29, 1.82) is 0 Å². The number of aryl methyl sites for hydroxylation is 1. The lowest BCUT2D eigenvalue weighted by Gasteiger charge is -2.11. The van der Waals surface area contributed by atoms with Gasteiger partial charge in [0, 0.05) is 37.0 Å². The van der Waals surface area contributed by atoms with Gasteiger partial charge < -0.3 is 9.13 Å². The fourth-order valence-corrected chi connectivity index (χ4v) is 7.83. The Morgan fingerprint density at radius 3 is 1.10 bits per heavy atom. The van der Waals surface area contributed by atoms with Gasteiger partial charge >= 0.3 is 0 Å². The van der Waals surface area contributed by atoms with Crippen molar-refractivity contribution in [1.82, 2.24) is 9.13 Å². The lowest BCUT2D eigenvalue weighted by atomic mass is 10.0. The van der Waals surface area contributed by atoms with E-state index in [1.807, 2.05) is 18.2 Å². The summed E-state index contributed by atoms with van der Waals surface area (Å²) in [6, 6.07) is 65.9. The Hall–Kier alpha value is -6.64. The maximum atomic E-state index is 7.72. The number of benzene rings is 8. The standard InChI is InChI=1S/C49H34N2/c1-33-15-17-35(18-16-33)38-23-27-40(28-24-38)50-44-13-7-5-11-42(44)48-46(50)31-32-47-49(48)43-12-6-8-14-45(43)51(47)41-29-25-39(26-30-41)37-21-19-36(20-22-37)34-9-3-2-4-10-34/h2-32H,1H3/i1D3. The van der Waals surface area contributed by atoms with Crippen LogP contribution in [0, 0.1) is 6.85 Å². The van der Waals surface area contributed by atoms with Crippen LogP contribution in [0.1, 0.15) is 9.68 Å². The number of aromatic nitrogens is 2. The van der Waals surface area contributed by atoms with Crippen molar-refractivity contribution in [3.05, 3.63) is 194 Å². The molecule has 0 aliphatic heterocycles. The van der Waals surface area contributed by atoms with Gasteiger partial charge in [-0.25, -0.2) is 0 Å². The van der Waals surface area contributed by atoms with E-state index in [2.05, 4.69) is 167 Å². The van der Waals surface area contributed by atoms with Gasteiger partial charge in [0.2, 0.25) is 0 Å². The third kappa shape index (κ3) is 4.80. The highest BCUT2D eigenvalue weighted by Gasteiger charge is 2.20. The van der Waals surface area contributed by atoms with Crippen molar-refractivity contribution in [2.75, 3.05) is 0 Å². The summed E-state index contributed by atoms with van der Waals surface area (Å²) in [5.74, 6) is 0. The van der Waals surface area contributed by atoms with Crippen LogP contribution >= 0.6 is 0 Å². The highest BCUT2D eigenvalue weighted by atomic mass is 15.0. The number of fused-ring (bicyclic) bond motifs is 7. The number of hydrogen-bond donors (Lipinski definition) is 0. The van der Waals surface area contributed by atoms with Gasteiger partial charge in [-0.15, -0.1) is 0 Å². The molecule has 0 atom stereocenters. The molecule has 240 valence electrons. The Bertz CT molecular complexity index is 2970. The van der Waals surface area contributed by atoms with E-state index in [-0.39, 0.29) is 0 Å². The molecule has 10 rings (SSSR count). The van der Waals surface area contributed by atoms with Gasteiger partial charge in [-0.1, -0.05) is 145 Å². The molecule has 8 aromatic carbocycles.